The van der Waals surface area contributed by atoms with E-state index in [9.17, 15) is 4.79 Å². The van der Waals surface area contributed by atoms with Gasteiger partial charge in [-0.15, -0.1) is 0 Å². The Morgan fingerprint density at radius 1 is 1.41 bits per heavy atom. The topological polar surface area (TPSA) is 19.8 Å². The van der Waals surface area contributed by atoms with E-state index in [1.54, 1.807) is 6.92 Å². The number of carbonyl (C=O) groups is 1. The summed E-state index contributed by atoms with van der Waals surface area (Å²) in [7, 11) is 1.88. The predicted molar refractivity (Wildman–Crippen MR) is 69.8 cm³/mol. The highest BCUT2D eigenvalue weighted by Gasteiger charge is 2.61. The number of hydrogen-bond donors (Lipinski definition) is 0. The maximum atomic E-state index is 11.6. The van der Waals surface area contributed by atoms with E-state index in [0.717, 1.165) is 12.3 Å². The van der Waals surface area contributed by atoms with Crippen LogP contribution in [-0.4, -0.2) is 19.2 Å². The molecule has 2 rings (SSSR count). The Morgan fingerprint density at radius 2 is 2.06 bits per heavy atom. The number of allylic oxidation sites excluding steroid dienone is 1. The van der Waals surface area contributed by atoms with Crippen molar-refractivity contribution in [3.05, 3.63) is 12.2 Å². The molecular formula is C15H25O2+. The van der Waals surface area contributed by atoms with Crippen molar-refractivity contribution in [3.8, 4) is 0 Å². The SMILES string of the molecule is C=C(CC)C1C2CCC(C)C([O+](C)C(C)=O)C21. The Labute approximate surface area is 105 Å². The molecule has 0 N–H and O–H groups in total. The van der Waals surface area contributed by atoms with Crippen molar-refractivity contribution < 1.29 is 9.16 Å². The summed E-state index contributed by atoms with van der Waals surface area (Å²) in [6.45, 7) is 10.3. The second-order valence-electron chi connectivity index (χ2n) is 5.85. The molecule has 0 spiro atoms. The minimum Gasteiger partial charge on any atom is -0.545 e. The van der Waals surface area contributed by atoms with Gasteiger partial charge < -0.3 is 4.37 Å². The highest BCUT2D eigenvalue weighted by atomic mass is 16.7. The molecule has 5 unspecified atom stereocenters. The normalized spacial score (nSPS) is 39.4. The lowest BCUT2D eigenvalue weighted by molar-refractivity contribution is -0.204. The van der Waals surface area contributed by atoms with Crippen LogP contribution in [0.4, 0.5) is 0 Å². The Morgan fingerprint density at radius 3 is 2.59 bits per heavy atom. The fraction of sp³-hybridized carbons (Fsp3) is 0.800. The van der Waals surface area contributed by atoms with Crippen molar-refractivity contribution in [3.63, 3.8) is 0 Å². The largest absolute Gasteiger partial charge is 0.545 e. The fourth-order valence-corrected chi connectivity index (χ4v) is 3.81. The fourth-order valence-electron chi connectivity index (χ4n) is 3.81. The lowest BCUT2D eigenvalue weighted by Crippen LogP contribution is -2.38. The molecule has 5 atom stereocenters. The van der Waals surface area contributed by atoms with Crippen LogP contribution in [0.15, 0.2) is 12.2 Å². The molecule has 2 aliphatic carbocycles. The third-order valence-corrected chi connectivity index (χ3v) is 4.91. The summed E-state index contributed by atoms with van der Waals surface area (Å²) in [6.07, 6.45) is 4.00. The van der Waals surface area contributed by atoms with Crippen molar-refractivity contribution in [1.29, 1.82) is 0 Å². The first kappa shape index (κ1) is 12.7. The van der Waals surface area contributed by atoms with Crippen LogP contribution >= 0.6 is 0 Å². The molecule has 2 saturated carbocycles. The van der Waals surface area contributed by atoms with Crippen LogP contribution in [0.2, 0.25) is 0 Å². The van der Waals surface area contributed by atoms with Crippen LogP contribution in [-0.2, 0) is 9.16 Å². The molecule has 0 saturated heterocycles. The summed E-state index contributed by atoms with van der Waals surface area (Å²) in [4.78, 5) is 11.6. The van der Waals surface area contributed by atoms with Crippen molar-refractivity contribution in [2.45, 2.75) is 46.1 Å². The second kappa shape index (κ2) is 4.47. The van der Waals surface area contributed by atoms with Gasteiger partial charge in [0.25, 0.3) is 0 Å². The van der Waals surface area contributed by atoms with Crippen molar-refractivity contribution in [2.24, 2.45) is 23.7 Å². The van der Waals surface area contributed by atoms with Crippen LogP contribution in [0.1, 0.15) is 40.0 Å². The van der Waals surface area contributed by atoms with Crippen LogP contribution in [0.5, 0.6) is 0 Å². The maximum absolute atomic E-state index is 11.6. The lowest BCUT2D eigenvalue weighted by atomic mass is 9.87. The van der Waals surface area contributed by atoms with Crippen molar-refractivity contribution >= 4 is 5.97 Å². The van der Waals surface area contributed by atoms with E-state index in [1.165, 1.54) is 18.4 Å². The molecule has 2 fully saturated rings. The molecule has 0 aromatic carbocycles. The zero-order valence-corrected chi connectivity index (χ0v) is 11.5. The van der Waals surface area contributed by atoms with E-state index < -0.39 is 0 Å². The molecule has 2 aliphatic rings. The smallest absolute Gasteiger partial charge is 0.515 e. The molecule has 2 heteroatoms. The van der Waals surface area contributed by atoms with Gasteiger partial charge in [-0.05, 0) is 31.1 Å². The van der Waals surface area contributed by atoms with Gasteiger partial charge in [-0.1, -0.05) is 26.0 Å². The van der Waals surface area contributed by atoms with Gasteiger partial charge in [-0.2, -0.15) is 0 Å². The molecule has 0 amide bonds. The van der Waals surface area contributed by atoms with Crippen LogP contribution in [0.25, 0.3) is 0 Å². The van der Waals surface area contributed by atoms with Gasteiger partial charge in [0.2, 0.25) is 0 Å². The van der Waals surface area contributed by atoms with Gasteiger partial charge in [-0.25, -0.2) is 0 Å². The minimum absolute atomic E-state index is 0.121. The third-order valence-electron chi connectivity index (χ3n) is 4.91. The quantitative estimate of drug-likeness (QED) is 0.419. The summed E-state index contributed by atoms with van der Waals surface area (Å²) in [5.41, 5.74) is 1.39. The Bertz CT molecular complexity index is 334. The van der Waals surface area contributed by atoms with Gasteiger partial charge in [0.15, 0.2) is 0 Å². The summed E-state index contributed by atoms with van der Waals surface area (Å²) in [5.74, 6) is 2.84. The molecule has 0 aliphatic heterocycles. The molecular weight excluding hydrogens is 212 g/mol. The second-order valence-corrected chi connectivity index (χ2v) is 5.85. The molecule has 0 aromatic rings. The maximum Gasteiger partial charge on any atom is 0.515 e. The first-order valence-electron chi connectivity index (χ1n) is 6.82. The van der Waals surface area contributed by atoms with Gasteiger partial charge in [-0.3, -0.25) is 0 Å². The molecule has 96 valence electrons. The number of rotatable bonds is 3. The monoisotopic (exact) mass is 237 g/mol. The molecule has 0 radical (unpaired) electrons. The van der Waals surface area contributed by atoms with Crippen LogP contribution < -0.4 is 0 Å². The van der Waals surface area contributed by atoms with E-state index in [0.29, 0.717) is 23.9 Å². The highest BCUT2D eigenvalue weighted by molar-refractivity contribution is 5.68. The van der Waals surface area contributed by atoms with E-state index in [1.807, 2.05) is 7.11 Å². The first-order chi connectivity index (χ1) is 7.99. The zero-order chi connectivity index (χ0) is 12.7. The summed E-state index contributed by atoms with van der Waals surface area (Å²) in [6, 6.07) is 0. The van der Waals surface area contributed by atoms with Crippen molar-refractivity contribution in [1.82, 2.24) is 0 Å². The van der Waals surface area contributed by atoms with Gasteiger partial charge in [0.1, 0.15) is 13.2 Å². The number of fused-ring (bicyclic) bond motifs is 1. The highest BCUT2D eigenvalue weighted by Crippen LogP contribution is 2.61. The average molecular weight is 237 g/mol. The van der Waals surface area contributed by atoms with Crippen LogP contribution in [0.3, 0.4) is 0 Å². The molecule has 17 heavy (non-hydrogen) atoms. The Balaban J connectivity index is 2.14. The summed E-state index contributed by atoms with van der Waals surface area (Å²) < 4.78 is 2.84. The van der Waals surface area contributed by atoms with Gasteiger partial charge in [0.05, 0.1) is 6.92 Å². The lowest BCUT2D eigenvalue weighted by Gasteiger charge is -2.35. The Kier molecular flexibility index (Phi) is 3.33. The first-order valence-corrected chi connectivity index (χ1v) is 6.82. The molecule has 0 aromatic heterocycles. The number of carbonyl (C=O) groups excluding carboxylic acids is 1. The third kappa shape index (κ3) is 2.02. The predicted octanol–water partition coefficient (Wildman–Crippen LogP) is 3.34. The Hall–Kier alpha value is -0.790. The van der Waals surface area contributed by atoms with E-state index in [2.05, 4.69) is 24.8 Å². The molecule has 0 heterocycles. The van der Waals surface area contributed by atoms with Gasteiger partial charge >= 0.3 is 5.97 Å². The summed E-state index contributed by atoms with van der Waals surface area (Å²) >= 11 is 0. The van der Waals surface area contributed by atoms with Gasteiger partial charge in [0, 0.05) is 16.6 Å². The molecule has 0 bridgehead atoms. The average Bonchev–Trinajstić information content (AvgIpc) is 3.01. The van der Waals surface area contributed by atoms with E-state index in [4.69, 9.17) is 0 Å². The van der Waals surface area contributed by atoms with E-state index >= 15 is 0 Å². The standard InChI is InChI=1S/C15H25O2/c1-6-9(2)13-12-8-7-10(3)15(14(12)13)17(5)11(4)16/h10,12-15H,2,6-8H2,1,3-5H3/q+1. The van der Waals surface area contributed by atoms with E-state index in [-0.39, 0.29) is 5.97 Å². The minimum atomic E-state index is 0.121. The molecule has 2 nitrogen and oxygen atoms in total. The zero-order valence-electron chi connectivity index (χ0n) is 11.5. The number of hydrogen-bond acceptors (Lipinski definition) is 1. The van der Waals surface area contributed by atoms with Crippen LogP contribution in [0, 0.1) is 23.7 Å². The van der Waals surface area contributed by atoms with Crippen molar-refractivity contribution in [2.75, 3.05) is 7.11 Å². The summed E-state index contributed by atoms with van der Waals surface area (Å²) in [5, 5.41) is 0.